The van der Waals surface area contributed by atoms with Crippen LogP contribution in [0.25, 0.3) is 0 Å². The standard InChI is InChI=1S/C29H40N4O4/c1-21(2)18-24(28(30)36)32-27(35)20-31-29(37)25(19-23-15-9-4-10-16-23)33-26(34)17-11-5-8-14-22-12-6-3-7-13-22/h3-4,6-7,9-10,12-13,15-16,21,24-25H,5,8,11,14,17-20H2,1-2H3,(H2,30,36)(H,31,37)(H,32,35)(H,33,34)/t24-,25-/m0/s1. The van der Waals surface area contributed by atoms with Crippen molar-refractivity contribution in [3.05, 3.63) is 71.8 Å². The van der Waals surface area contributed by atoms with Gasteiger partial charge in [-0.25, -0.2) is 0 Å². The van der Waals surface area contributed by atoms with Crippen LogP contribution in [-0.2, 0) is 32.0 Å². The maximum atomic E-state index is 12.9. The normalized spacial score (nSPS) is 12.4. The second-order valence-electron chi connectivity index (χ2n) is 9.73. The van der Waals surface area contributed by atoms with E-state index in [1.807, 2.05) is 62.4 Å². The number of carbonyl (C=O) groups is 4. The van der Waals surface area contributed by atoms with Crippen LogP contribution in [0.5, 0.6) is 0 Å². The molecule has 4 amide bonds. The molecule has 2 aromatic carbocycles. The molecule has 0 heterocycles. The van der Waals surface area contributed by atoms with Crippen LogP contribution in [-0.4, -0.2) is 42.3 Å². The molecule has 0 spiro atoms. The van der Waals surface area contributed by atoms with Gasteiger partial charge in [0.1, 0.15) is 12.1 Å². The fourth-order valence-electron chi connectivity index (χ4n) is 4.02. The van der Waals surface area contributed by atoms with Crippen molar-refractivity contribution in [1.29, 1.82) is 0 Å². The number of rotatable bonds is 16. The van der Waals surface area contributed by atoms with E-state index in [0.29, 0.717) is 19.3 Å². The van der Waals surface area contributed by atoms with Gasteiger partial charge in [0.15, 0.2) is 0 Å². The van der Waals surface area contributed by atoms with Crippen molar-refractivity contribution in [1.82, 2.24) is 16.0 Å². The number of aryl methyl sites for hydroxylation is 1. The Morgan fingerprint density at radius 3 is 1.95 bits per heavy atom. The number of nitrogens with two attached hydrogens (primary N) is 1. The van der Waals surface area contributed by atoms with E-state index in [1.165, 1.54) is 5.56 Å². The number of unbranched alkanes of at least 4 members (excludes halogenated alkanes) is 2. The number of carbonyl (C=O) groups excluding carboxylic acids is 4. The van der Waals surface area contributed by atoms with Crippen molar-refractivity contribution in [2.75, 3.05) is 6.54 Å². The molecule has 0 radical (unpaired) electrons. The van der Waals surface area contributed by atoms with E-state index in [4.69, 9.17) is 5.73 Å². The highest BCUT2D eigenvalue weighted by Gasteiger charge is 2.23. The molecule has 0 fully saturated rings. The summed E-state index contributed by atoms with van der Waals surface area (Å²) >= 11 is 0. The van der Waals surface area contributed by atoms with Gasteiger partial charge in [-0.1, -0.05) is 80.9 Å². The minimum absolute atomic E-state index is 0.163. The number of primary amides is 1. The molecule has 200 valence electrons. The molecule has 0 unspecified atom stereocenters. The van der Waals surface area contributed by atoms with Gasteiger partial charge in [0.05, 0.1) is 6.54 Å². The van der Waals surface area contributed by atoms with Crippen LogP contribution >= 0.6 is 0 Å². The lowest BCUT2D eigenvalue weighted by Crippen LogP contribution is -2.52. The molecule has 0 bridgehead atoms. The Labute approximate surface area is 219 Å². The molecule has 8 heteroatoms. The van der Waals surface area contributed by atoms with Gasteiger partial charge in [0, 0.05) is 12.8 Å². The largest absolute Gasteiger partial charge is 0.368 e. The lowest BCUT2D eigenvalue weighted by molar-refractivity contribution is -0.131. The molecule has 5 N–H and O–H groups in total. The summed E-state index contributed by atoms with van der Waals surface area (Å²) in [6.07, 6.45) is 4.63. The van der Waals surface area contributed by atoms with Crippen LogP contribution in [0, 0.1) is 5.92 Å². The Kier molecular flexibility index (Phi) is 12.9. The van der Waals surface area contributed by atoms with Crippen LogP contribution in [0.2, 0.25) is 0 Å². The van der Waals surface area contributed by atoms with Gasteiger partial charge in [0.25, 0.3) is 0 Å². The monoisotopic (exact) mass is 508 g/mol. The Balaban J connectivity index is 1.85. The summed E-state index contributed by atoms with van der Waals surface area (Å²) < 4.78 is 0. The molecule has 0 aliphatic rings. The quantitative estimate of drug-likeness (QED) is 0.260. The molecule has 0 aliphatic heterocycles. The Hall–Kier alpha value is -3.68. The first kappa shape index (κ1) is 29.5. The lowest BCUT2D eigenvalue weighted by Gasteiger charge is -2.20. The average Bonchev–Trinajstić information content (AvgIpc) is 2.87. The highest BCUT2D eigenvalue weighted by molar-refractivity contribution is 5.92. The summed E-state index contributed by atoms with van der Waals surface area (Å²) in [5.41, 5.74) is 7.55. The number of nitrogens with one attached hydrogen (secondary N) is 3. The van der Waals surface area contributed by atoms with Crippen LogP contribution in [0.3, 0.4) is 0 Å². The van der Waals surface area contributed by atoms with E-state index in [-0.39, 0.29) is 18.4 Å². The highest BCUT2D eigenvalue weighted by Crippen LogP contribution is 2.09. The predicted molar refractivity (Wildman–Crippen MR) is 144 cm³/mol. The summed E-state index contributed by atoms with van der Waals surface area (Å²) in [5, 5.41) is 7.98. The maximum Gasteiger partial charge on any atom is 0.243 e. The molecule has 2 rings (SSSR count). The molecule has 37 heavy (non-hydrogen) atoms. The second kappa shape index (κ2) is 16.1. The van der Waals surface area contributed by atoms with Crippen molar-refractivity contribution in [2.45, 2.75) is 70.9 Å². The zero-order chi connectivity index (χ0) is 27.0. The maximum absolute atomic E-state index is 12.9. The number of amides is 4. The van der Waals surface area contributed by atoms with Crippen LogP contribution < -0.4 is 21.7 Å². The van der Waals surface area contributed by atoms with Crippen LogP contribution in [0.15, 0.2) is 60.7 Å². The van der Waals surface area contributed by atoms with E-state index in [9.17, 15) is 19.2 Å². The van der Waals surface area contributed by atoms with Crippen molar-refractivity contribution in [3.63, 3.8) is 0 Å². The summed E-state index contributed by atoms with van der Waals surface area (Å²) in [6.45, 7) is 3.52. The molecule has 0 aromatic heterocycles. The SMILES string of the molecule is CC(C)C[C@H](NC(=O)CNC(=O)[C@H](Cc1ccccc1)NC(=O)CCCCCc1ccccc1)C(N)=O. The van der Waals surface area contributed by atoms with Gasteiger partial charge in [0.2, 0.25) is 23.6 Å². The Morgan fingerprint density at radius 1 is 0.757 bits per heavy atom. The topological polar surface area (TPSA) is 130 Å². The molecule has 2 aromatic rings. The van der Waals surface area contributed by atoms with Crippen molar-refractivity contribution in [3.8, 4) is 0 Å². The van der Waals surface area contributed by atoms with Crippen LogP contribution in [0.4, 0.5) is 0 Å². The van der Waals surface area contributed by atoms with Gasteiger partial charge >= 0.3 is 0 Å². The number of hydrogen-bond donors (Lipinski definition) is 4. The van der Waals surface area contributed by atoms with Gasteiger partial charge in [-0.15, -0.1) is 0 Å². The number of hydrogen-bond acceptors (Lipinski definition) is 4. The van der Waals surface area contributed by atoms with Gasteiger partial charge in [-0.05, 0) is 42.7 Å². The fraction of sp³-hybridized carbons (Fsp3) is 0.448. The van der Waals surface area contributed by atoms with Crippen molar-refractivity contribution < 1.29 is 19.2 Å². The van der Waals surface area contributed by atoms with Crippen molar-refractivity contribution >= 4 is 23.6 Å². The van der Waals surface area contributed by atoms with Gasteiger partial charge < -0.3 is 21.7 Å². The first-order valence-corrected chi connectivity index (χ1v) is 13.0. The second-order valence-corrected chi connectivity index (χ2v) is 9.73. The molecule has 0 saturated carbocycles. The average molecular weight is 509 g/mol. The molecule has 0 saturated heterocycles. The summed E-state index contributed by atoms with van der Waals surface area (Å²) in [7, 11) is 0. The third-order valence-corrected chi connectivity index (χ3v) is 5.96. The number of benzene rings is 2. The molecular formula is C29H40N4O4. The molecular weight excluding hydrogens is 468 g/mol. The fourth-order valence-corrected chi connectivity index (χ4v) is 4.02. The lowest BCUT2D eigenvalue weighted by atomic mass is 10.0. The highest BCUT2D eigenvalue weighted by atomic mass is 16.2. The molecule has 2 atom stereocenters. The zero-order valence-corrected chi connectivity index (χ0v) is 21.9. The van der Waals surface area contributed by atoms with Crippen LogP contribution in [0.1, 0.15) is 57.1 Å². The Morgan fingerprint density at radius 2 is 1.35 bits per heavy atom. The Bertz CT molecular complexity index is 995. The molecule has 0 aliphatic carbocycles. The van der Waals surface area contributed by atoms with Gasteiger partial charge in [-0.3, -0.25) is 19.2 Å². The van der Waals surface area contributed by atoms with E-state index in [1.54, 1.807) is 0 Å². The third kappa shape index (κ3) is 12.2. The van der Waals surface area contributed by atoms with Crippen molar-refractivity contribution in [2.24, 2.45) is 11.7 Å². The van der Waals surface area contributed by atoms with E-state index >= 15 is 0 Å². The first-order chi connectivity index (χ1) is 17.7. The summed E-state index contributed by atoms with van der Waals surface area (Å²) in [5.74, 6) is -1.63. The minimum Gasteiger partial charge on any atom is -0.368 e. The van der Waals surface area contributed by atoms with Gasteiger partial charge in [-0.2, -0.15) is 0 Å². The first-order valence-electron chi connectivity index (χ1n) is 13.0. The van der Waals surface area contributed by atoms with E-state index in [0.717, 1.165) is 31.2 Å². The zero-order valence-electron chi connectivity index (χ0n) is 21.9. The minimum atomic E-state index is -0.824. The summed E-state index contributed by atoms with van der Waals surface area (Å²) in [6, 6.07) is 18.0. The van der Waals surface area contributed by atoms with E-state index in [2.05, 4.69) is 28.1 Å². The summed E-state index contributed by atoms with van der Waals surface area (Å²) in [4.78, 5) is 49.5. The third-order valence-electron chi connectivity index (χ3n) is 5.96. The smallest absolute Gasteiger partial charge is 0.243 e. The molecule has 8 nitrogen and oxygen atoms in total. The predicted octanol–water partition coefficient (Wildman–Crippen LogP) is 2.65. The van der Waals surface area contributed by atoms with E-state index < -0.39 is 29.8 Å².